The van der Waals surface area contributed by atoms with Gasteiger partial charge >= 0.3 is 0 Å². The lowest BCUT2D eigenvalue weighted by Crippen LogP contribution is -1.80. The van der Waals surface area contributed by atoms with E-state index in [4.69, 9.17) is 4.42 Å². The van der Waals surface area contributed by atoms with Crippen molar-refractivity contribution >= 4 is 11.3 Å². The van der Waals surface area contributed by atoms with Crippen LogP contribution in [-0.2, 0) is 6.42 Å². The normalized spacial score (nSPS) is 10.4. The molecule has 0 bridgehead atoms. The summed E-state index contributed by atoms with van der Waals surface area (Å²) >= 11 is 1.68. The van der Waals surface area contributed by atoms with E-state index in [1.165, 1.54) is 6.39 Å². The Morgan fingerprint density at radius 3 is 3.17 bits per heavy atom. The number of nitrogens with zero attached hydrogens (tertiary/aromatic N) is 1. The van der Waals surface area contributed by atoms with E-state index in [9.17, 15) is 0 Å². The van der Waals surface area contributed by atoms with E-state index in [2.05, 4.69) is 11.9 Å². The molecule has 2 heterocycles. The quantitative estimate of drug-likeness (QED) is 0.708. The van der Waals surface area contributed by atoms with E-state index in [0.717, 1.165) is 22.8 Å². The van der Waals surface area contributed by atoms with Crippen LogP contribution in [0.15, 0.2) is 28.3 Å². The van der Waals surface area contributed by atoms with Gasteiger partial charge in [0, 0.05) is 0 Å². The number of aromatic nitrogens is 1. The zero-order chi connectivity index (χ0) is 8.39. The molecule has 0 saturated carbocycles. The van der Waals surface area contributed by atoms with Crippen molar-refractivity contribution in [1.29, 1.82) is 0 Å². The molecule has 0 radical (unpaired) electrons. The van der Waals surface area contributed by atoms with E-state index in [1.807, 2.05) is 17.5 Å². The highest BCUT2D eigenvalue weighted by Crippen LogP contribution is 2.27. The zero-order valence-corrected chi connectivity index (χ0v) is 7.60. The minimum absolute atomic E-state index is 0.920. The fraction of sp³-hybridized carbons (Fsp3) is 0.222. The summed E-state index contributed by atoms with van der Waals surface area (Å²) in [6, 6.07) is 4.06. The summed E-state index contributed by atoms with van der Waals surface area (Å²) < 4.78 is 5.30. The van der Waals surface area contributed by atoms with Crippen molar-refractivity contribution in [2.24, 2.45) is 0 Å². The Balaban J connectivity index is 2.46. The third kappa shape index (κ3) is 1.16. The standard InChI is InChI=1S/C9H9NOS/c1-2-7-9(11-6-10-7)8-4-3-5-12-8/h3-6H,2H2,1H3. The van der Waals surface area contributed by atoms with Gasteiger partial charge in [-0.05, 0) is 17.9 Å². The van der Waals surface area contributed by atoms with Crippen molar-refractivity contribution in [3.05, 3.63) is 29.6 Å². The minimum atomic E-state index is 0.920. The number of thiophene rings is 1. The Labute approximate surface area is 74.9 Å². The Morgan fingerprint density at radius 2 is 2.50 bits per heavy atom. The maximum Gasteiger partial charge on any atom is 0.181 e. The van der Waals surface area contributed by atoms with Gasteiger partial charge in [-0.15, -0.1) is 11.3 Å². The fourth-order valence-corrected chi connectivity index (χ4v) is 1.86. The SMILES string of the molecule is CCc1ncoc1-c1cccs1. The molecule has 0 spiro atoms. The van der Waals surface area contributed by atoms with Crippen LogP contribution in [0.3, 0.4) is 0 Å². The minimum Gasteiger partial charge on any atom is -0.442 e. The first-order chi connectivity index (χ1) is 5.92. The number of aryl methyl sites for hydroxylation is 1. The van der Waals surface area contributed by atoms with Gasteiger partial charge in [0.2, 0.25) is 0 Å². The highest BCUT2D eigenvalue weighted by atomic mass is 32.1. The summed E-state index contributed by atoms with van der Waals surface area (Å²) in [6.45, 7) is 2.08. The lowest BCUT2D eigenvalue weighted by Gasteiger charge is -1.92. The maximum atomic E-state index is 5.30. The zero-order valence-electron chi connectivity index (χ0n) is 6.78. The van der Waals surface area contributed by atoms with Crippen molar-refractivity contribution in [3.8, 4) is 10.6 Å². The molecule has 12 heavy (non-hydrogen) atoms. The molecule has 2 aromatic heterocycles. The van der Waals surface area contributed by atoms with E-state index in [0.29, 0.717) is 0 Å². The molecule has 2 rings (SSSR count). The molecule has 3 heteroatoms. The largest absolute Gasteiger partial charge is 0.442 e. The molecule has 0 aliphatic carbocycles. The van der Waals surface area contributed by atoms with Crippen LogP contribution in [0, 0.1) is 0 Å². The van der Waals surface area contributed by atoms with Crippen LogP contribution in [0.25, 0.3) is 10.6 Å². The van der Waals surface area contributed by atoms with Crippen LogP contribution >= 0.6 is 11.3 Å². The van der Waals surface area contributed by atoms with Gasteiger partial charge in [-0.3, -0.25) is 0 Å². The predicted octanol–water partition coefficient (Wildman–Crippen LogP) is 2.97. The van der Waals surface area contributed by atoms with E-state index in [-0.39, 0.29) is 0 Å². The lowest BCUT2D eigenvalue weighted by atomic mass is 10.2. The van der Waals surface area contributed by atoms with Gasteiger partial charge in [-0.1, -0.05) is 13.0 Å². The first kappa shape index (κ1) is 7.55. The molecule has 0 unspecified atom stereocenters. The Bertz CT molecular complexity index is 350. The van der Waals surface area contributed by atoms with Gasteiger partial charge in [0.1, 0.15) is 0 Å². The molecule has 0 aliphatic heterocycles. The summed E-state index contributed by atoms with van der Waals surface area (Å²) in [5.74, 6) is 0.924. The second-order valence-corrected chi connectivity index (χ2v) is 3.41. The van der Waals surface area contributed by atoms with Crippen LogP contribution in [-0.4, -0.2) is 4.98 Å². The second kappa shape index (κ2) is 3.11. The van der Waals surface area contributed by atoms with Gasteiger partial charge in [0.15, 0.2) is 12.2 Å². The van der Waals surface area contributed by atoms with Crippen LogP contribution in [0.2, 0.25) is 0 Å². The summed E-state index contributed by atoms with van der Waals surface area (Å²) in [5.41, 5.74) is 1.04. The molecule has 0 aliphatic rings. The summed E-state index contributed by atoms with van der Waals surface area (Å²) in [6.07, 6.45) is 2.43. The van der Waals surface area contributed by atoms with Crippen molar-refractivity contribution < 1.29 is 4.42 Å². The highest BCUT2D eigenvalue weighted by molar-refractivity contribution is 7.13. The van der Waals surface area contributed by atoms with Crippen LogP contribution in [0.5, 0.6) is 0 Å². The molecule has 2 aromatic rings. The van der Waals surface area contributed by atoms with Crippen LogP contribution in [0.1, 0.15) is 12.6 Å². The van der Waals surface area contributed by atoms with E-state index in [1.54, 1.807) is 11.3 Å². The number of oxazole rings is 1. The van der Waals surface area contributed by atoms with Gasteiger partial charge in [-0.25, -0.2) is 4.98 Å². The van der Waals surface area contributed by atoms with Crippen molar-refractivity contribution in [3.63, 3.8) is 0 Å². The summed E-state index contributed by atoms with van der Waals surface area (Å²) in [4.78, 5) is 5.29. The number of rotatable bonds is 2. The smallest absolute Gasteiger partial charge is 0.181 e. The summed E-state index contributed by atoms with van der Waals surface area (Å²) in [7, 11) is 0. The molecule has 0 saturated heterocycles. The molecule has 0 aromatic carbocycles. The van der Waals surface area contributed by atoms with Crippen LogP contribution in [0.4, 0.5) is 0 Å². The second-order valence-electron chi connectivity index (χ2n) is 2.46. The molecular formula is C9H9NOS. The number of hydrogen-bond donors (Lipinski definition) is 0. The molecule has 0 N–H and O–H groups in total. The van der Waals surface area contributed by atoms with E-state index >= 15 is 0 Å². The summed E-state index contributed by atoms with van der Waals surface area (Å²) in [5, 5.41) is 2.04. The van der Waals surface area contributed by atoms with Crippen molar-refractivity contribution in [1.82, 2.24) is 4.98 Å². The Kier molecular flexibility index (Phi) is 1.96. The maximum absolute atomic E-state index is 5.30. The average molecular weight is 179 g/mol. The third-order valence-electron chi connectivity index (χ3n) is 1.72. The lowest BCUT2D eigenvalue weighted by molar-refractivity contribution is 0.572. The topological polar surface area (TPSA) is 26.0 Å². The first-order valence-electron chi connectivity index (χ1n) is 3.88. The van der Waals surface area contributed by atoms with Gasteiger partial charge in [0.25, 0.3) is 0 Å². The molecule has 2 nitrogen and oxygen atoms in total. The monoisotopic (exact) mass is 179 g/mol. The Morgan fingerprint density at radius 1 is 1.58 bits per heavy atom. The number of hydrogen-bond acceptors (Lipinski definition) is 3. The third-order valence-corrected chi connectivity index (χ3v) is 2.59. The van der Waals surface area contributed by atoms with Gasteiger partial charge in [-0.2, -0.15) is 0 Å². The molecule has 0 amide bonds. The molecule has 62 valence electrons. The molecule has 0 fully saturated rings. The predicted molar refractivity (Wildman–Crippen MR) is 49.2 cm³/mol. The first-order valence-corrected chi connectivity index (χ1v) is 4.76. The molecule has 0 atom stereocenters. The van der Waals surface area contributed by atoms with Gasteiger partial charge in [0.05, 0.1) is 10.6 Å². The highest BCUT2D eigenvalue weighted by Gasteiger charge is 2.08. The fourth-order valence-electron chi connectivity index (χ4n) is 1.13. The molecular weight excluding hydrogens is 170 g/mol. The van der Waals surface area contributed by atoms with Crippen LogP contribution < -0.4 is 0 Å². The van der Waals surface area contributed by atoms with Gasteiger partial charge < -0.3 is 4.42 Å². The Hall–Kier alpha value is -1.09. The van der Waals surface area contributed by atoms with E-state index < -0.39 is 0 Å². The van der Waals surface area contributed by atoms with Crippen molar-refractivity contribution in [2.45, 2.75) is 13.3 Å². The average Bonchev–Trinajstić information content (AvgIpc) is 2.74. The van der Waals surface area contributed by atoms with Crippen molar-refractivity contribution in [2.75, 3.05) is 0 Å².